The van der Waals surface area contributed by atoms with Crippen LogP contribution in [-0.4, -0.2) is 17.5 Å². The average molecular weight is 347 g/mol. The van der Waals surface area contributed by atoms with Crippen LogP contribution in [0.2, 0.25) is 0 Å². The van der Waals surface area contributed by atoms with Crippen LogP contribution in [0.25, 0.3) is 0 Å². The van der Waals surface area contributed by atoms with Gasteiger partial charge in [-0.3, -0.25) is 4.79 Å². The van der Waals surface area contributed by atoms with Crippen LogP contribution in [0.3, 0.4) is 0 Å². The smallest absolute Gasteiger partial charge is 0.229 e. The maximum atomic E-state index is 12.1. The zero-order chi connectivity index (χ0) is 18.2. The van der Waals surface area contributed by atoms with E-state index in [2.05, 4.69) is 15.6 Å². The fraction of sp³-hybridized carbons (Fsp3) is 0.143. The molecule has 3 rings (SSSR count). The number of nitrogens with one attached hydrogen (secondary N) is 2. The van der Waals surface area contributed by atoms with Crippen molar-refractivity contribution >= 4 is 23.1 Å². The third-order valence-corrected chi connectivity index (χ3v) is 3.69. The first kappa shape index (κ1) is 17.5. The Morgan fingerprint density at radius 2 is 1.69 bits per heavy atom. The van der Waals surface area contributed by atoms with E-state index in [0.717, 1.165) is 22.7 Å². The van der Waals surface area contributed by atoms with Gasteiger partial charge in [0.2, 0.25) is 5.91 Å². The van der Waals surface area contributed by atoms with Crippen LogP contribution in [-0.2, 0) is 11.2 Å². The van der Waals surface area contributed by atoms with Crippen molar-refractivity contribution in [1.29, 1.82) is 0 Å². The summed E-state index contributed by atoms with van der Waals surface area (Å²) in [4.78, 5) is 16.3. The molecule has 0 aliphatic rings. The molecule has 1 aromatic heterocycles. The lowest BCUT2D eigenvalue weighted by atomic mass is 10.1. The summed E-state index contributed by atoms with van der Waals surface area (Å²) in [5.74, 6) is 1.28. The summed E-state index contributed by atoms with van der Waals surface area (Å²) in [5.41, 5.74) is 2.75. The first-order valence-electron chi connectivity index (χ1n) is 8.52. The van der Waals surface area contributed by atoms with Gasteiger partial charge >= 0.3 is 0 Å². The molecular weight excluding hydrogens is 326 g/mol. The number of amides is 1. The van der Waals surface area contributed by atoms with E-state index in [-0.39, 0.29) is 5.91 Å². The van der Waals surface area contributed by atoms with Gasteiger partial charge in [0.15, 0.2) is 0 Å². The van der Waals surface area contributed by atoms with Crippen molar-refractivity contribution < 1.29 is 9.53 Å². The summed E-state index contributed by atoms with van der Waals surface area (Å²) in [6.07, 6.45) is 2.02. The molecule has 1 amide bonds. The maximum absolute atomic E-state index is 12.1. The molecule has 0 saturated carbocycles. The first-order valence-corrected chi connectivity index (χ1v) is 8.52. The molecule has 5 nitrogen and oxygen atoms in total. The fourth-order valence-corrected chi connectivity index (χ4v) is 2.48. The summed E-state index contributed by atoms with van der Waals surface area (Å²) >= 11 is 0. The lowest BCUT2D eigenvalue weighted by molar-refractivity contribution is -0.115. The Labute approximate surface area is 153 Å². The fourth-order valence-electron chi connectivity index (χ4n) is 2.48. The third-order valence-electron chi connectivity index (χ3n) is 3.69. The third kappa shape index (κ3) is 5.08. The van der Waals surface area contributed by atoms with Crippen LogP contribution < -0.4 is 15.4 Å². The zero-order valence-corrected chi connectivity index (χ0v) is 14.6. The molecule has 0 atom stereocenters. The van der Waals surface area contributed by atoms with Crippen LogP contribution in [0.5, 0.6) is 5.75 Å². The van der Waals surface area contributed by atoms with E-state index >= 15 is 0 Å². The van der Waals surface area contributed by atoms with Gasteiger partial charge in [-0.05, 0) is 48.9 Å². The molecule has 1 heterocycles. The van der Waals surface area contributed by atoms with Gasteiger partial charge in [-0.25, -0.2) is 4.98 Å². The summed E-state index contributed by atoms with van der Waals surface area (Å²) in [6, 6.07) is 21.0. The van der Waals surface area contributed by atoms with Crippen LogP contribution in [0.15, 0.2) is 72.9 Å². The first-order chi connectivity index (χ1) is 12.7. The van der Waals surface area contributed by atoms with Gasteiger partial charge in [0.05, 0.1) is 24.9 Å². The quantitative estimate of drug-likeness (QED) is 0.665. The monoisotopic (exact) mass is 347 g/mol. The summed E-state index contributed by atoms with van der Waals surface area (Å²) in [5, 5.41) is 6.07. The molecule has 0 saturated heterocycles. The van der Waals surface area contributed by atoms with Gasteiger partial charge < -0.3 is 15.4 Å². The minimum atomic E-state index is -0.0871. The second-order valence-corrected chi connectivity index (χ2v) is 5.73. The molecule has 5 heteroatoms. The number of rotatable bonds is 7. The molecule has 132 valence electrons. The normalized spacial score (nSPS) is 10.2. The predicted octanol–water partition coefficient (Wildman–Crippen LogP) is 4.41. The van der Waals surface area contributed by atoms with Crippen molar-refractivity contribution in [2.45, 2.75) is 13.3 Å². The molecule has 0 unspecified atom stereocenters. The Hall–Kier alpha value is -3.34. The summed E-state index contributed by atoms with van der Waals surface area (Å²) in [6.45, 7) is 2.60. The molecule has 2 N–H and O–H groups in total. The number of nitrogens with zero attached hydrogens (tertiary/aromatic N) is 1. The number of carbonyl (C=O) groups excluding carboxylic acids is 1. The highest BCUT2D eigenvalue weighted by Crippen LogP contribution is 2.20. The predicted molar refractivity (Wildman–Crippen MR) is 104 cm³/mol. The minimum Gasteiger partial charge on any atom is -0.494 e. The Morgan fingerprint density at radius 3 is 2.35 bits per heavy atom. The summed E-state index contributed by atoms with van der Waals surface area (Å²) in [7, 11) is 0. The van der Waals surface area contributed by atoms with E-state index in [1.807, 2.05) is 67.6 Å². The number of hydrogen-bond donors (Lipinski definition) is 2. The molecule has 0 spiro atoms. The molecule has 0 fully saturated rings. The van der Waals surface area contributed by atoms with E-state index in [9.17, 15) is 4.79 Å². The van der Waals surface area contributed by atoms with E-state index in [0.29, 0.717) is 18.8 Å². The minimum absolute atomic E-state index is 0.0871. The second kappa shape index (κ2) is 8.67. The van der Waals surface area contributed by atoms with Gasteiger partial charge in [0.1, 0.15) is 11.6 Å². The molecule has 0 aliphatic heterocycles. The Kier molecular flexibility index (Phi) is 5.83. The number of aromatic nitrogens is 1. The second-order valence-electron chi connectivity index (χ2n) is 5.73. The molecular formula is C21H21N3O2. The topological polar surface area (TPSA) is 63.2 Å². The van der Waals surface area contributed by atoms with Crippen molar-refractivity contribution in [3.05, 3.63) is 78.5 Å². The number of carbonyl (C=O) groups is 1. The zero-order valence-electron chi connectivity index (χ0n) is 14.6. The van der Waals surface area contributed by atoms with Gasteiger partial charge in [0.25, 0.3) is 0 Å². The lowest BCUT2D eigenvalue weighted by Gasteiger charge is -2.09. The van der Waals surface area contributed by atoms with Crippen LogP contribution >= 0.6 is 0 Å². The molecule has 0 bridgehead atoms. The van der Waals surface area contributed by atoms with Gasteiger partial charge in [-0.1, -0.05) is 30.3 Å². The van der Waals surface area contributed by atoms with Crippen molar-refractivity contribution in [2.24, 2.45) is 0 Å². The Balaban J connectivity index is 1.55. The number of ether oxygens (including phenoxy) is 1. The largest absolute Gasteiger partial charge is 0.494 e. The standard InChI is InChI=1S/C21H21N3O2/c1-2-26-19-11-8-17(9-12-19)23-18-10-13-20(22-15-18)24-21(25)14-16-6-4-3-5-7-16/h3-13,15,23H,2,14H2,1H3,(H,22,24,25). The molecule has 0 radical (unpaired) electrons. The van der Waals surface area contributed by atoms with E-state index < -0.39 is 0 Å². The number of benzene rings is 2. The lowest BCUT2D eigenvalue weighted by Crippen LogP contribution is -2.15. The number of anilines is 3. The van der Waals surface area contributed by atoms with Gasteiger partial charge in [0, 0.05) is 5.69 Å². The van der Waals surface area contributed by atoms with E-state index in [1.165, 1.54) is 0 Å². The maximum Gasteiger partial charge on any atom is 0.229 e. The molecule has 3 aromatic rings. The van der Waals surface area contributed by atoms with Crippen molar-refractivity contribution in [2.75, 3.05) is 17.2 Å². The van der Waals surface area contributed by atoms with Gasteiger partial charge in [-0.15, -0.1) is 0 Å². The van der Waals surface area contributed by atoms with Crippen molar-refractivity contribution in [1.82, 2.24) is 4.98 Å². The van der Waals surface area contributed by atoms with E-state index in [1.54, 1.807) is 12.3 Å². The van der Waals surface area contributed by atoms with Crippen molar-refractivity contribution in [3.63, 3.8) is 0 Å². The highest BCUT2D eigenvalue weighted by molar-refractivity contribution is 5.91. The summed E-state index contributed by atoms with van der Waals surface area (Å²) < 4.78 is 5.43. The molecule has 2 aromatic carbocycles. The number of hydrogen-bond acceptors (Lipinski definition) is 4. The van der Waals surface area contributed by atoms with Crippen molar-refractivity contribution in [3.8, 4) is 5.75 Å². The Bertz CT molecular complexity index is 831. The number of pyridine rings is 1. The van der Waals surface area contributed by atoms with Crippen LogP contribution in [0, 0.1) is 0 Å². The van der Waals surface area contributed by atoms with Crippen LogP contribution in [0.4, 0.5) is 17.2 Å². The van der Waals surface area contributed by atoms with Gasteiger partial charge in [-0.2, -0.15) is 0 Å². The molecule has 26 heavy (non-hydrogen) atoms. The average Bonchev–Trinajstić information content (AvgIpc) is 2.66. The SMILES string of the molecule is CCOc1ccc(Nc2ccc(NC(=O)Cc3ccccc3)nc2)cc1. The van der Waals surface area contributed by atoms with Crippen LogP contribution in [0.1, 0.15) is 12.5 Å². The molecule has 0 aliphatic carbocycles. The highest BCUT2D eigenvalue weighted by Gasteiger charge is 2.05. The highest BCUT2D eigenvalue weighted by atomic mass is 16.5. The Morgan fingerprint density at radius 1 is 0.962 bits per heavy atom. The van der Waals surface area contributed by atoms with E-state index in [4.69, 9.17) is 4.74 Å².